The van der Waals surface area contributed by atoms with Crippen LogP contribution >= 0.6 is 0 Å². The number of hydrogen-bond donors (Lipinski definition) is 0. The molecule has 1 aliphatic carbocycles. The van der Waals surface area contributed by atoms with Crippen molar-refractivity contribution < 1.29 is 0 Å². The molecular formula is C44H31N3. The van der Waals surface area contributed by atoms with Gasteiger partial charge in [-0.15, -0.1) is 0 Å². The normalized spacial score (nSPS) is 12.7. The summed E-state index contributed by atoms with van der Waals surface area (Å²) in [4.78, 5) is 2.35. The predicted molar refractivity (Wildman–Crippen MR) is 198 cm³/mol. The standard InChI is InChI=1S/C44H31N3/c1-3-13-34(14-4-1)45-27-26-39-41(45)29-33-19-18-31-12-9-17-40-42(31)43(33)44(39)47(40)37-24-22-36(23-25-37)46(35-15-5-2-6-16-35)38-21-20-30-10-7-8-11-32(30)28-38/h1-8,10-11,13-29H,9,12H2. The second-order valence-electron chi connectivity index (χ2n) is 12.6. The quantitative estimate of drug-likeness (QED) is 0.191. The van der Waals surface area contributed by atoms with E-state index in [4.69, 9.17) is 0 Å². The van der Waals surface area contributed by atoms with Gasteiger partial charge in [0.05, 0.1) is 16.4 Å². The van der Waals surface area contributed by atoms with Crippen LogP contribution in [0.5, 0.6) is 0 Å². The molecule has 47 heavy (non-hydrogen) atoms. The van der Waals surface area contributed by atoms with E-state index < -0.39 is 0 Å². The second kappa shape index (κ2) is 10.2. The molecule has 0 fully saturated rings. The highest BCUT2D eigenvalue weighted by Crippen LogP contribution is 2.40. The number of rotatable bonds is 5. The summed E-state index contributed by atoms with van der Waals surface area (Å²) < 4.78 is 4.84. The number of nitrogens with zero attached hydrogens (tertiary/aromatic N) is 3. The molecular weight excluding hydrogens is 571 g/mol. The van der Waals surface area contributed by atoms with Gasteiger partial charge >= 0.3 is 0 Å². The third-order valence-electron chi connectivity index (χ3n) is 9.91. The van der Waals surface area contributed by atoms with Crippen molar-refractivity contribution >= 4 is 66.5 Å². The molecule has 0 saturated carbocycles. The van der Waals surface area contributed by atoms with E-state index in [1.807, 2.05) is 0 Å². The van der Waals surface area contributed by atoms with Crippen molar-refractivity contribution in [2.75, 3.05) is 4.90 Å². The minimum atomic E-state index is 1.05. The van der Waals surface area contributed by atoms with Crippen molar-refractivity contribution in [3.05, 3.63) is 169 Å². The lowest BCUT2D eigenvalue weighted by Gasteiger charge is -2.26. The van der Waals surface area contributed by atoms with Crippen molar-refractivity contribution in [1.82, 2.24) is 9.13 Å². The smallest absolute Gasteiger partial charge is 0.0641 e. The highest BCUT2D eigenvalue weighted by molar-refractivity contribution is 6.22. The van der Waals surface area contributed by atoms with E-state index in [-0.39, 0.29) is 0 Å². The predicted octanol–water partition coefficient (Wildman–Crippen LogP) is 10.8. The van der Waals surface area contributed by atoms with Crippen LogP contribution in [-0.2, 0) is 6.42 Å². The molecule has 1 aliphatic rings. The Kier molecular flexibility index (Phi) is 5.70. The Balaban J connectivity index is 1.19. The van der Waals surface area contributed by atoms with Crippen molar-refractivity contribution in [2.24, 2.45) is 0 Å². The number of para-hydroxylation sites is 2. The van der Waals surface area contributed by atoms with Gasteiger partial charge in [0.15, 0.2) is 0 Å². The average molecular weight is 602 g/mol. The summed E-state index contributed by atoms with van der Waals surface area (Å²) in [6.45, 7) is 0. The molecule has 2 aromatic heterocycles. The van der Waals surface area contributed by atoms with Crippen LogP contribution in [0.25, 0.3) is 60.8 Å². The van der Waals surface area contributed by atoms with Crippen molar-refractivity contribution in [3.63, 3.8) is 0 Å². The molecule has 2 heterocycles. The molecule has 0 amide bonds. The van der Waals surface area contributed by atoms with E-state index in [9.17, 15) is 0 Å². The number of benzene rings is 7. The minimum absolute atomic E-state index is 1.05. The van der Waals surface area contributed by atoms with Crippen LogP contribution in [0.2, 0.25) is 0 Å². The Morgan fingerprint density at radius 3 is 2.04 bits per heavy atom. The first kappa shape index (κ1) is 26.2. The summed E-state index contributed by atoms with van der Waals surface area (Å²) in [5.74, 6) is 0. The SMILES string of the molecule is C1=c2c3c(ccc4cc5c(ccn5-c5ccccc5)c(c43)n2-c2ccc(N(c3ccccc3)c3ccc4ccccc4c3)cc2)CC1. The van der Waals surface area contributed by atoms with E-state index >= 15 is 0 Å². The molecule has 0 spiro atoms. The van der Waals surface area contributed by atoms with Crippen molar-refractivity contribution in [2.45, 2.75) is 12.8 Å². The van der Waals surface area contributed by atoms with Crippen LogP contribution in [0, 0.1) is 0 Å². The fourth-order valence-corrected chi connectivity index (χ4v) is 7.81. The molecule has 3 nitrogen and oxygen atoms in total. The van der Waals surface area contributed by atoms with Gasteiger partial charge in [0, 0.05) is 50.8 Å². The Hall–Kier alpha value is -6.06. The summed E-state index contributed by atoms with van der Waals surface area (Å²) in [7, 11) is 0. The number of aryl methyl sites for hydroxylation is 1. The van der Waals surface area contributed by atoms with Crippen LogP contribution in [-0.4, -0.2) is 9.13 Å². The first-order valence-electron chi connectivity index (χ1n) is 16.4. The number of aromatic nitrogens is 2. The molecule has 3 heteroatoms. The zero-order chi connectivity index (χ0) is 30.9. The van der Waals surface area contributed by atoms with Gasteiger partial charge in [-0.2, -0.15) is 0 Å². The van der Waals surface area contributed by atoms with E-state index in [1.165, 1.54) is 65.6 Å². The largest absolute Gasteiger partial charge is 0.316 e. The zero-order valence-corrected chi connectivity index (χ0v) is 25.8. The topological polar surface area (TPSA) is 13.1 Å². The fourth-order valence-electron chi connectivity index (χ4n) is 7.81. The molecule has 7 aromatic carbocycles. The number of hydrogen-bond acceptors (Lipinski definition) is 1. The van der Waals surface area contributed by atoms with Crippen molar-refractivity contribution in [1.29, 1.82) is 0 Å². The fraction of sp³-hybridized carbons (Fsp3) is 0.0455. The first-order chi connectivity index (χ1) is 23.3. The zero-order valence-electron chi connectivity index (χ0n) is 25.8. The summed E-state index contributed by atoms with van der Waals surface area (Å²) in [6.07, 6.45) is 6.80. The van der Waals surface area contributed by atoms with Crippen LogP contribution in [0.4, 0.5) is 17.1 Å². The molecule has 10 rings (SSSR count). The summed E-state index contributed by atoms with van der Waals surface area (Å²) in [5, 5.41) is 9.14. The minimum Gasteiger partial charge on any atom is -0.316 e. The molecule has 0 radical (unpaired) electrons. The molecule has 222 valence electrons. The van der Waals surface area contributed by atoms with E-state index in [0.29, 0.717) is 0 Å². The van der Waals surface area contributed by atoms with E-state index in [2.05, 4.69) is 178 Å². The Labute approximate surface area is 272 Å². The Morgan fingerprint density at radius 1 is 0.511 bits per heavy atom. The van der Waals surface area contributed by atoms with Crippen LogP contribution in [0.15, 0.2) is 158 Å². The van der Waals surface area contributed by atoms with Gasteiger partial charge in [-0.05, 0) is 107 Å². The van der Waals surface area contributed by atoms with Crippen LogP contribution in [0.3, 0.4) is 0 Å². The van der Waals surface area contributed by atoms with Crippen LogP contribution < -0.4 is 10.2 Å². The first-order valence-corrected chi connectivity index (χ1v) is 16.4. The van der Waals surface area contributed by atoms with Gasteiger partial charge in [-0.3, -0.25) is 0 Å². The average Bonchev–Trinajstić information content (AvgIpc) is 3.72. The molecule has 0 bridgehead atoms. The maximum atomic E-state index is 2.52. The summed E-state index contributed by atoms with van der Waals surface area (Å²) in [5.41, 5.74) is 9.73. The summed E-state index contributed by atoms with van der Waals surface area (Å²) >= 11 is 0. The van der Waals surface area contributed by atoms with Gasteiger partial charge < -0.3 is 14.0 Å². The maximum Gasteiger partial charge on any atom is 0.0641 e. The lowest BCUT2D eigenvalue weighted by atomic mass is 9.95. The third kappa shape index (κ3) is 4.00. The van der Waals surface area contributed by atoms with Gasteiger partial charge in [0.1, 0.15) is 0 Å². The van der Waals surface area contributed by atoms with Crippen molar-refractivity contribution in [3.8, 4) is 11.4 Å². The summed E-state index contributed by atoms with van der Waals surface area (Å²) in [6, 6.07) is 55.1. The van der Waals surface area contributed by atoms with Gasteiger partial charge in [0.2, 0.25) is 0 Å². The molecule has 0 saturated heterocycles. The molecule has 9 aromatic rings. The molecule has 0 aliphatic heterocycles. The van der Waals surface area contributed by atoms with Gasteiger partial charge in [-0.25, -0.2) is 0 Å². The highest BCUT2D eigenvalue weighted by Gasteiger charge is 2.22. The number of fused-ring (bicyclic) bond motifs is 3. The highest BCUT2D eigenvalue weighted by atomic mass is 15.1. The van der Waals surface area contributed by atoms with Gasteiger partial charge in [-0.1, -0.05) is 84.9 Å². The third-order valence-corrected chi connectivity index (χ3v) is 9.91. The Morgan fingerprint density at radius 2 is 1.21 bits per heavy atom. The maximum absolute atomic E-state index is 2.52. The lowest BCUT2D eigenvalue weighted by Crippen LogP contribution is -2.18. The Bertz CT molecular complexity index is 2660. The second-order valence-corrected chi connectivity index (χ2v) is 12.6. The lowest BCUT2D eigenvalue weighted by molar-refractivity contribution is 0.998. The molecule has 0 atom stereocenters. The van der Waals surface area contributed by atoms with E-state index in [0.717, 1.165) is 29.9 Å². The molecule has 0 unspecified atom stereocenters. The van der Waals surface area contributed by atoms with Gasteiger partial charge in [0.25, 0.3) is 0 Å². The molecule has 0 N–H and O–H groups in total. The van der Waals surface area contributed by atoms with E-state index in [1.54, 1.807) is 0 Å². The number of anilines is 3. The monoisotopic (exact) mass is 601 g/mol. The van der Waals surface area contributed by atoms with Crippen LogP contribution in [0.1, 0.15) is 12.0 Å².